The lowest BCUT2D eigenvalue weighted by atomic mass is 9.69. The van der Waals surface area contributed by atoms with Gasteiger partial charge in [-0.05, 0) is 48.2 Å². The van der Waals surface area contributed by atoms with Crippen LogP contribution in [0.5, 0.6) is 5.75 Å². The molecule has 0 aromatic heterocycles. The molecule has 0 aliphatic heterocycles. The predicted molar refractivity (Wildman–Crippen MR) is 106 cm³/mol. The first-order valence-electron chi connectivity index (χ1n) is 9.63. The van der Waals surface area contributed by atoms with Gasteiger partial charge < -0.3 is 9.84 Å². The van der Waals surface area contributed by atoms with Gasteiger partial charge in [-0.25, -0.2) is 4.39 Å². The SMILES string of the molecule is O=C(O)C1(c2cc(Cl)c(OCCF)c(-c3ccc(C(F)(F)F)cc3)c2)CCCCC1. The van der Waals surface area contributed by atoms with Crippen molar-refractivity contribution in [1.82, 2.24) is 0 Å². The molecule has 8 heteroatoms. The Morgan fingerprint density at radius 3 is 2.27 bits per heavy atom. The van der Waals surface area contributed by atoms with Crippen LogP contribution in [0.15, 0.2) is 36.4 Å². The second-order valence-corrected chi connectivity index (χ2v) is 7.80. The summed E-state index contributed by atoms with van der Waals surface area (Å²) in [4.78, 5) is 12.2. The van der Waals surface area contributed by atoms with Gasteiger partial charge in [-0.15, -0.1) is 0 Å². The summed E-state index contributed by atoms with van der Waals surface area (Å²) in [6, 6.07) is 7.53. The molecule has 2 aromatic carbocycles. The van der Waals surface area contributed by atoms with E-state index in [1.165, 1.54) is 18.2 Å². The van der Waals surface area contributed by atoms with Crippen LogP contribution in [0.1, 0.15) is 43.2 Å². The van der Waals surface area contributed by atoms with Gasteiger partial charge in [0.2, 0.25) is 0 Å². The maximum Gasteiger partial charge on any atom is 0.416 e. The molecular weight excluding hydrogens is 424 g/mol. The third-order valence-electron chi connectivity index (χ3n) is 5.56. The van der Waals surface area contributed by atoms with E-state index in [1.807, 2.05) is 0 Å². The molecular formula is C22H21ClF4O3. The minimum absolute atomic E-state index is 0.0991. The van der Waals surface area contributed by atoms with Crippen LogP contribution < -0.4 is 4.74 Å². The first kappa shape index (κ1) is 22.4. The molecule has 0 radical (unpaired) electrons. The molecule has 0 spiro atoms. The smallest absolute Gasteiger partial charge is 0.416 e. The highest BCUT2D eigenvalue weighted by atomic mass is 35.5. The zero-order valence-corrected chi connectivity index (χ0v) is 16.8. The largest absolute Gasteiger partial charge is 0.489 e. The van der Waals surface area contributed by atoms with E-state index in [2.05, 4.69) is 0 Å². The number of halogens is 5. The maximum absolute atomic E-state index is 12.9. The molecule has 1 fully saturated rings. The van der Waals surface area contributed by atoms with E-state index in [0.717, 1.165) is 31.4 Å². The normalized spacial score (nSPS) is 16.3. The minimum atomic E-state index is -4.49. The van der Waals surface area contributed by atoms with Crippen LogP contribution in [0.4, 0.5) is 17.6 Å². The summed E-state index contributed by atoms with van der Waals surface area (Å²) < 4.78 is 56.9. The zero-order chi connectivity index (χ0) is 21.9. The molecule has 0 atom stereocenters. The van der Waals surface area contributed by atoms with Gasteiger partial charge in [0.05, 0.1) is 16.0 Å². The lowest BCUT2D eigenvalue weighted by Crippen LogP contribution is -2.37. The highest BCUT2D eigenvalue weighted by Gasteiger charge is 2.42. The van der Waals surface area contributed by atoms with Crippen molar-refractivity contribution in [2.45, 2.75) is 43.7 Å². The summed E-state index contributed by atoms with van der Waals surface area (Å²) in [5.74, 6) is -0.844. The summed E-state index contributed by atoms with van der Waals surface area (Å²) in [7, 11) is 0. The standard InChI is InChI=1S/C22H21ClF4O3/c23-18-13-16(21(20(28)29)8-2-1-3-9-21)12-17(19(18)30-11-10-24)14-4-6-15(7-5-14)22(25,26)27/h4-7,12-13H,1-3,8-11H2,(H,28,29). The lowest BCUT2D eigenvalue weighted by Gasteiger charge is -2.34. The Morgan fingerprint density at radius 1 is 1.10 bits per heavy atom. The summed E-state index contributed by atoms with van der Waals surface area (Å²) >= 11 is 6.39. The summed E-state index contributed by atoms with van der Waals surface area (Å²) in [5.41, 5.74) is -0.750. The number of hydrogen-bond donors (Lipinski definition) is 1. The Kier molecular flexibility index (Phi) is 6.60. The first-order valence-corrected chi connectivity index (χ1v) is 10.0. The number of hydrogen-bond acceptors (Lipinski definition) is 2. The van der Waals surface area contributed by atoms with Crippen LogP contribution in [-0.4, -0.2) is 24.4 Å². The van der Waals surface area contributed by atoms with Crippen molar-refractivity contribution in [3.63, 3.8) is 0 Å². The van der Waals surface area contributed by atoms with Crippen molar-refractivity contribution in [3.05, 3.63) is 52.5 Å². The number of carboxylic acids is 1. The zero-order valence-electron chi connectivity index (χ0n) is 16.1. The van der Waals surface area contributed by atoms with Gasteiger partial charge in [-0.1, -0.05) is 43.0 Å². The summed E-state index contributed by atoms with van der Waals surface area (Å²) in [5, 5.41) is 10.1. The van der Waals surface area contributed by atoms with Crippen molar-refractivity contribution in [3.8, 4) is 16.9 Å². The van der Waals surface area contributed by atoms with Gasteiger partial charge in [0.15, 0.2) is 0 Å². The van der Waals surface area contributed by atoms with E-state index in [-0.39, 0.29) is 17.4 Å². The van der Waals surface area contributed by atoms with Gasteiger partial charge in [0.25, 0.3) is 0 Å². The molecule has 3 nitrogen and oxygen atoms in total. The molecule has 30 heavy (non-hydrogen) atoms. The van der Waals surface area contributed by atoms with E-state index in [4.69, 9.17) is 16.3 Å². The van der Waals surface area contributed by atoms with Gasteiger partial charge in [-0.3, -0.25) is 4.79 Å². The van der Waals surface area contributed by atoms with Crippen LogP contribution in [0.25, 0.3) is 11.1 Å². The molecule has 0 amide bonds. The molecule has 2 aromatic rings. The van der Waals surface area contributed by atoms with Crippen LogP contribution >= 0.6 is 11.6 Å². The predicted octanol–water partition coefficient (Wildman–Crippen LogP) is 6.66. The Balaban J connectivity index is 2.15. The number of carboxylic acid groups (broad SMARTS) is 1. The molecule has 1 aliphatic carbocycles. The molecule has 162 valence electrons. The molecule has 0 saturated heterocycles. The fourth-order valence-corrected chi connectivity index (χ4v) is 4.27. The van der Waals surface area contributed by atoms with Crippen LogP contribution in [0, 0.1) is 0 Å². The quantitative estimate of drug-likeness (QED) is 0.507. The van der Waals surface area contributed by atoms with Crippen molar-refractivity contribution in [1.29, 1.82) is 0 Å². The van der Waals surface area contributed by atoms with Crippen molar-refractivity contribution < 1.29 is 32.2 Å². The van der Waals surface area contributed by atoms with E-state index >= 15 is 0 Å². The number of ether oxygens (including phenoxy) is 1. The van der Waals surface area contributed by atoms with Crippen LogP contribution in [-0.2, 0) is 16.4 Å². The average molecular weight is 445 g/mol. The topological polar surface area (TPSA) is 46.5 Å². The van der Waals surface area contributed by atoms with E-state index < -0.39 is 29.8 Å². The molecule has 1 aliphatic rings. The number of alkyl halides is 4. The van der Waals surface area contributed by atoms with Gasteiger partial charge in [-0.2, -0.15) is 13.2 Å². The third kappa shape index (κ3) is 4.41. The second kappa shape index (κ2) is 8.84. The maximum atomic E-state index is 12.9. The molecule has 1 saturated carbocycles. The van der Waals surface area contributed by atoms with Crippen molar-refractivity contribution in [2.75, 3.05) is 13.3 Å². The first-order chi connectivity index (χ1) is 14.2. The molecule has 0 heterocycles. The van der Waals surface area contributed by atoms with Crippen molar-refractivity contribution >= 4 is 17.6 Å². The number of rotatable bonds is 6. The van der Waals surface area contributed by atoms with Crippen molar-refractivity contribution in [2.24, 2.45) is 0 Å². The Bertz CT molecular complexity index is 904. The van der Waals surface area contributed by atoms with Crippen LogP contribution in [0.3, 0.4) is 0 Å². The Labute approximate surface area is 176 Å². The average Bonchev–Trinajstić information content (AvgIpc) is 2.72. The van der Waals surface area contributed by atoms with E-state index in [0.29, 0.717) is 29.5 Å². The number of aliphatic carboxylic acids is 1. The van der Waals surface area contributed by atoms with Gasteiger partial charge in [0.1, 0.15) is 19.0 Å². The van der Waals surface area contributed by atoms with Gasteiger partial charge in [0, 0.05) is 5.56 Å². The molecule has 3 rings (SSSR count). The summed E-state index contributed by atoms with van der Waals surface area (Å²) in [6.45, 7) is -1.06. The monoisotopic (exact) mass is 444 g/mol. The fourth-order valence-electron chi connectivity index (χ4n) is 3.99. The number of benzene rings is 2. The summed E-state index contributed by atoms with van der Waals surface area (Å²) in [6.07, 6.45) is -1.17. The Hall–Kier alpha value is -2.28. The van der Waals surface area contributed by atoms with Gasteiger partial charge >= 0.3 is 12.1 Å². The fraction of sp³-hybridized carbons (Fsp3) is 0.409. The second-order valence-electron chi connectivity index (χ2n) is 7.40. The van der Waals surface area contributed by atoms with E-state index in [9.17, 15) is 27.5 Å². The highest BCUT2D eigenvalue weighted by Crippen LogP contribution is 2.46. The molecule has 1 N–H and O–H groups in total. The van der Waals surface area contributed by atoms with E-state index in [1.54, 1.807) is 6.07 Å². The van der Waals surface area contributed by atoms with Crippen LogP contribution in [0.2, 0.25) is 5.02 Å². The highest BCUT2D eigenvalue weighted by molar-refractivity contribution is 6.32. The third-order valence-corrected chi connectivity index (χ3v) is 5.84. The Morgan fingerprint density at radius 2 is 1.73 bits per heavy atom. The molecule has 0 unspecified atom stereocenters. The lowest BCUT2D eigenvalue weighted by molar-refractivity contribution is -0.145. The molecule has 0 bridgehead atoms. The minimum Gasteiger partial charge on any atom is -0.489 e. The number of carbonyl (C=O) groups is 1.